The van der Waals surface area contributed by atoms with E-state index < -0.39 is 0 Å². The maximum Gasteiger partial charge on any atom is 0.0521 e. The summed E-state index contributed by atoms with van der Waals surface area (Å²) in [6, 6.07) is 0.718. The highest BCUT2D eigenvalue weighted by atomic mass is 15.2. The Bertz CT molecular complexity index is 288. The van der Waals surface area contributed by atoms with E-state index in [0.29, 0.717) is 0 Å². The van der Waals surface area contributed by atoms with Crippen LogP contribution in [0.1, 0.15) is 24.8 Å². The van der Waals surface area contributed by atoms with E-state index in [1.54, 1.807) is 0 Å². The molecule has 14 heavy (non-hydrogen) atoms. The van der Waals surface area contributed by atoms with Crippen LogP contribution >= 0.6 is 0 Å². The molecule has 1 atom stereocenters. The van der Waals surface area contributed by atoms with Crippen molar-refractivity contribution in [3.05, 3.63) is 18.0 Å². The first-order valence-electron chi connectivity index (χ1n) is 5.44. The Morgan fingerprint density at radius 1 is 1.64 bits per heavy atom. The Hall–Kier alpha value is -0.830. The first-order chi connectivity index (χ1) is 6.79. The Morgan fingerprint density at radius 2 is 2.43 bits per heavy atom. The largest absolute Gasteiger partial charge is 0.317 e. The van der Waals surface area contributed by atoms with E-state index in [4.69, 9.17) is 0 Å². The van der Waals surface area contributed by atoms with Crippen LogP contribution in [0.2, 0.25) is 0 Å². The van der Waals surface area contributed by atoms with Crippen LogP contribution in [0, 0.1) is 5.92 Å². The number of hydrogen-bond donors (Lipinski definition) is 1. The fourth-order valence-electron chi connectivity index (χ4n) is 2.04. The van der Waals surface area contributed by atoms with Crippen molar-refractivity contribution in [1.29, 1.82) is 0 Å². The summed E-state index contributed by atoms with van der Waals surface area (Å²) in [4.78, 5) is 0. The monoisotopic (exact) mass is 193 g/mol. The van der Waals surface area contributed by atoms with Crippen LogP contribution in [0.25, 0.3) is 0 Å². The lowest BCUT2D eigenvalue weighted by Gasteiger charge is -2.13. The van der Waals surface area contributed by atoms with E-state index in [1.165, 1.54) is 24.8 Å². The van der Waals surface area contributed by atoms with Crippen LogP contribution < -0.4 is 5.32 Å². The molecule has 3 nitrogen and oxygen atoms in total. The quantitative estimate of drug-likeness (QED) is 0.765. The van der Waals surface area contributed by atoms with Gasteiger partial charge in [-0.15, -0.1) is 0 Å². The Balaban J connectivity index is 1.80. The number of nitrogens with one attached hydrogen (secondary N) is 1. The smallest absolute Gasteiger partial charge is 0.0521 e. The predicted octanol–water partition coefficient (Wildman–Crippen LogP) is 1.35. The first kappa shape index (κ1) is 9.71. The standard InChI is InChI=1S/C11H19N3/c1-12-11(10-4-5-10)6-3-9-7-13-14(2)8-9/h7-8,10-12H,3-6H2,1-2H3. The zero-order valence-electron chi connectivity index (χ0n) is 9.03. The molecule has 78 valence electrons. The molecule has 0 saturated heterocycles. The van der Waals surface area contributed by atoms with Crippen LogP contribution in [0.3, 0.4) is 0 Å². The molecule has 1 heterocycles. The molecule has 3 heteroatoms. The summed E-state index contributed by atoms with van der Waals surface area (Å²) >= 11 is 0. The highest BCUT2D eigenvalue weighted by molar-refractivity contribution is 5.04. The summed E-state index contributed by atoms with van der Waals surface area (Å²) < 4.78 is 1.88. The van der Waals surface area contributed by atoms with Gasteiger partial charge in [0.2, 0.25) is 0 Å². The molecule has 0 radical (unpaired) electrons. The summed E-state index contributed by atoms with van der Waals surface area (Å²) in [6.07, 6.45) is 9.30. The normalized spacial score (nSPS) is 18.4. The van der Waals surface area contributed by atoms with Crippen molar-refractivity contribution in [1.82, 2.24) is 15.1 Å². The summed E-state index contributed by atoms with van der Waals surface area (Å²) in [5, 5.41) is 7.59. The molecule has 1 unspecified atom stereocenters. The predicted molar refractivity (Wildman–Crippen MR) is 57.1 cm³/mol. The van der Waals surface area contributed by atoms with Gasteiger partial charge in [-0.1, -0.05) is 0 Å². The topological polar surface area (TPSA) is 29.9 Å². The van der Waals surface area contributed by atoms with Gasteiger partial charge in [-0.2, -0.15) is 5.10 Å². The van der Waals surface area contributed by atoms with Crippen LogP contribution in [0.4, 0.5) is 0 Å². The second-order valence-corrected chi connectivity index (χ2v) is 4.29. The van der Waals surface area contributed by atoms with Gasteiger partial charge in [-0.3, -0.25) is 4.68 Å². The van der Waals surface area contributed by atoms with Gasteiger partial charge in [0.05, 0.1) is 6.20 Å². The molecule has 0 aliphatic heterocycles. The third kappa shape index (κ3) is 2.35. The molecule has 0 amide bonds. The molecule has 1 aromatic heterocycles. The van der Waals surface area contributed by atoms with Crippen molar-refractivity contribution >= 4 is 0 Å². The SMILES string of the molecule is CNC(CCc1cnn(C)c1)C1CC1. The fraction of sp³-hybridized carbons (Fsp3) is 0.727. The van der Waals surface area contributed by atoms with Gasteiger partial charge in [-0.25, -0.2) is 0 Å². The van der Waals surface area contributed by atoms with E-state index in [9.17, 15) is 0 Å². The zero-order valence-corrected chi connectivity index (χ0v) is 9.03. The van der Waals surface area contributed by atoms with Gasteiger partial charge in [0.25, 0.3) is 0 Å². The lowest BCUT2D eigenvalue weighted by Crippen LogP contribution is -2.27. The summed E-state index contributed by atoms with van der Waals surface area (Å²) in [6.45, 7) is 0. The number of hydrogen-bond acceptors (Lipinski definition) is 2. The number of nitrogens with zero attached hydrogens (tertiary/aromatic N) is 2. The average molecular weight is 193 g/mol. The molecule has 1 aliphatic carbocycles. The molecule has 0 spiro atoms. The number of aryl methyl sites for hydroxylation is 2. The molecule has 0 bridgehead atoms. The summed E-state index contributed by atoms with van der Waals surface area (Å²) in [5.41, 5.74) is 1.36. The highest BCUT2D eigenvalue weighted by Gasteiger charge is 2.29. The molecule has 1 fully saturated rings. The maximum atomic E-state index is 4.18. The van der Waals surface area contributed by atoms with E-state index in [2.05, 4.69) is 23.7 Å². The number of aromatic nitrogens is 2. The van der Waals surface area contributed by atoms with Crippen molar-refractivity contribution in [3.8, 4) is 0 Å². The van der Waals surface area contributed by atoms with Gasteiger partial charge in [-0.05, 0) is 44.2 Å². The van der Waals surface area contributed by atoms with Crippen molar-refractivity contribution in [2.75, 3.05) is 7.05 Å². The molecule has 0 aromatic carbocycles. The van der Waals surface area contributed by atoms with Crippen molar-refractivity contribution in [3.63, 3.8) is 0 Å². The second kappa shape index (κ2) is 4.13. The Labute approximate surface area is 85.5 Å². The molecule has 1 aliphatic rings. The minimum absolute atomic E-state index is 0.718. The van der Waals surface area contributed by atoms with Crippen LogP contribution in [0.5, 0.6) is 0 Å². The van der Waals surface area contributed by atoms with E-state index >= 15 is 0 Å². The minimum Gasteiger partial charge on any atom is -0.317 e. The average Bonchev–Trinajstić information content (AvgIpc) is 2.92. The maximum absolute atomic E-state index is 4.18. The molecule has 1 aromatic rings. The Morgan fingerprint density at radius 3 is 2.93 bits per heavy atom. The summed E-state index contributed by atoms with van der Waals surface area (Å²) in [5.74, 6) is 0.941. The van der Waals surface area contributed by atoms with E-state index in [0.717, 1.165) is 18.4 Å². The molecule has 1 saturated carbocycles. The van der Waals surface area contributed by atoms with Crippen LogP contribution in [-0.2, 0) is 13.5 Å². The second-order valence-electron chi connectivity index (χ2n) is 4.29. The number of rotatable bonds is 5. The molecule has 2 rings (SSSR count). The van der Waals surface area contributed by atoms with Crippen molar-refractivity contribution < 1.29 is 0 Å². The van der Waals surface area contributed by atoms with Gasteiger partial charge >= 0.3 is 0 Å². The van der Waals surface area contributed by atoms with E-state index in [1.807, 2.05) is 17.9 Å². The third-order valence-electron chi connectivity index (χ3n) is 3.06. The molecule has 1 N–H and O–H groups in total. The van der Waals surface area contributed by atoms with Gasteiger partial charge in [0.15, 0.2) is 0 Å². The van der Waals surface area contributed by atoms with Crippen LogP contribution in [0.15, 0.2) is 12.4 Å². The first-order valence-corrected chi connectivity index (χ1v) is 5.44. The molecular formula is C11H19N3. The fourth-order valence-corrected chi connectivity index (χ4v) is 2.04. The summed E-state index contributed by atoms with van der Waals surface area (Å²) in [7, 11) is 4.05. The van der Waals surface area contributed by atoms with Crippen LogP contribution in [-0.4, -0.2) is 22.9 Å². The molecular weight excluding hydrogens is 174 g/mol. The zero-order chi connectivity index (χ0) is 9.97. The van der Waals surface area contributed by atoms with Crippen molar-refractivity contribution in [2.24, 2.45) is 13.0 Å². The van der Waals surface area contributed by atoms with Gasteiger partial charge in [0.1, 0.15) is 0 Å². The third-order valence-corrected chi connectivity index (χ3v) is 3.06. The van der Waals surface area contributed by atoms with Crippen molar-refractivity contribution in [2.45, 2.75) is 31.7 Å². The van der Waals surface area contributed by atoms with Gasteiger partial charge < -0.3 is 5.32 Å². The highest BCUT2D eigenvalue weighted by Crippen LogP contribution is 2.34. The van der Waals surface area contributed by atoms with E-state index in [-0.39, 0.29) is 0 Å². The van der Waals surface area contributed by atoms with Gasteiger partial charge in [0, 0.05) is 19.3 Å². The Kier molecular flexibility index (Phi) is 2.87. The minimum atomic E-state index is 0.718. The lowest BCUT2D eigenvalue weighted by atomic mass is 10.0. The lowest BCUT2D eigenvalue weighted by molar-refractivity contribution is 0.470.